The molecule has 0 spiro atoms. The molecule has 0 atom stereocenters. The minimum absolute atomic E-state index is 0.998. The molecule has 4 heteroatoms. The maximum atomic E-state index is 5.00. The summed E-state index contributed by atoms with van der Waals surface area (Å²) in [7, 11) is 0. The molecule has 0 radical (unpaired) electrons. The second-order valence-electron chi connectivity index (χ2n) is 8.96. The zero-order chi connectivity index (χ0) is 22.9. The van der Waals surface area contributed by atoms with Gasteiger partial charge in [-0.2, -0.15) is 0 Å². The van der Waals surface area contributed by atoms with Gasteiger partial charge in [0.15, 0.2) is 0 Å². The first-order chi connectivity index (χ1) is 17.4. The van der Waals surface area contributed by atoms with E-state index in [1.54, 1.807) is 0 Å². The summed E-state index contributed by atoms with van der Waals surface area (Å²) >= 11 is 0. The molecule has 0 aliphatic rings. The maximum Gasteiger partial charge on any atom is 0.115 e. The van der Waals surface area contributed by atoms with Crippen LogP contribution in [0.3, 0.4) is 0 Å². The molecule has 35 heavy (non-hydrogen) atoms. The molecule has 0 fully saturated rings. The molecule has 0 saturated heterocycles. The van der Waals surface area contributed by atoms with Gasteiger partial charge in [-0.1, -0.05) is 72.8 Å². The predicted molar refractivity (Wildman–Crippen MR) is 144 cm³/mol. The summed E-state index contributed by atoms with van der Waals surface area (Å²) in [6.45, 7) is 0. The molecule has 0 unspecified atom stereocenters. The van der Waals surface area contributed by atoms with E-state index in [0.29, 0.717) is 0 Å². The van der Waals surface area contributed by atoms with Gasteiger partial charge in [0, 0.05) is 22.1 Å². The summed E-state index contributed by atoms with van der Waals surface area (Å²) in [5, 5.41) is 2.44. The van der Waals surface area contributed by atoms with Crippen LogP contribution >= 0.6 is 0 Å². The van der Waals surface area contributed by atoms with Gasteiger partial charge >= 0.3 is 0 Å². The van der Waals surface area contributed by atoms with Gasteiger partial charge in [-0.25, -0.2) is 4.98 Å². The average Bonchev–Trinajstić information content (AvgIpc) is 3.61. The number of hydrogen-bond acceptors (Lipinski definition) is 1. The smallest absolute Gasteiger partial charge is 0.115 e. The summed E-state index contributed by atoms with van der Waals surface area (Å²) in [5.74, 6) is 0. The van der Waals surface area contributed by atoms with Crippen LogP contribution in [0.2, 0.25) is 0 Å². The van der Waals surface area contributed by atoms with Crippen molar-refractivity contribution in [2.75, 3.05) is 0 Å². The van der Waals surface area contributed by atoms with E-state index in [2.05, 4.69) is 129 Å². The Morgan fingerprint density at radius 2 is 1.17 bits per heavy atom. The Labute approximate surface area is 200 Å². The number of imidazole rings is 1. The highest BCUT2D eigenvalue weighted by atomic mass is 15.1. The fourth-order valence-electron chi connectivity index (χ4n) is 5.63. The van der Waals surface area contributed by atoms with E-state index < -0.39 is 0 Å². The zero-order valence-electron chi connectivity index (χ0n) is 18.8. The van der Waals surface area contributed by atoms with Crippen LogP contribution < -0.4 is 0 Å². The van der Waals surface area contributed by atoms with E-state index in [4.69, 9.17) is 4.98 Å². The standard InChI is InChI=1S/C31H20N4/c1-3-12-22(13-4-1)33-20-32-28-27-19-21-11-7-9-17-25(21)35(27)29-24-16-8-10-18-26(24)34(31(29)30(28)33)23-14-5-2-6-15-23/h1-20H. The lowest BCUT2D eigenvalue weighted by Gasteiger charge is -2.12. The Hall–Kier alpha value is -4.83. The third-order valence-corrected chi connectivity index (χ3v) is 7.07. The molecule has 0 aliphatic carbocycles. The molecule has 0 aliphatic heterocycles. The van der Waals surface area contributed by atoms with Crippen molar-refractivity contribution in [1.82, 2.24) is 18.5 Å². The van der Waals surface area contributed by atoms with Crippen molar-refractivity contribution in [2.45, 2.75) is 0 Å². The summed E-state index contributed by atoms with van der Waals surface area (Å²) < 4.78 is 7.02. The lowest BCUT2D eigenvalue weighted by atomic mass is 10.2. The monoisotopic (exact) mass is 448 g/mol. The molecule has 8 aromatic rings. The van der Waals surface area contributed by atoms with Gasteiger partial charge in [-0.15, -0.1) is 0 Å². The van der Waals surface area contributed by atoms with Gasteiger partial charge in [-0.3, -0.25) is 4.57 Å². The first-order valence-electron chi connectivity index (χ1n) is 11.8. The predicted octanol–water partition coefficient (Wildman–Crippen LogP) is 7.53. The minimum atomic E-state index is 0.998. The molecule has 4 aromatic carbocycles. The molecule has 8 rings (SSSR count). The van der Waals surface area contributed by atoms with Gasteiger partial charge in [0.05, 0.1) is 27.6 Å². The summed E-state index contributed by atoms with van der Waals surface area (Å²) in [4.78, 5) is 5.00. The minimum Gasteiger partial charge on any atom is -0.306 e. The molecular formula is C31H20N4. The van der Waals surface area contributed by atoms with E-state index in [1.165, 1.54) is 27.3 Å². The first-order valence-corrected chi connectivity index (χ1v) is 11.8. The zero-order valence-corrected chi connectivity index (χ0v) is 18.8. The second kappa shape index (κ2) is 6.84. The Morgan fingerprint density at radius 1 is 0.514 bits per heavy atom. The van der Waals surface area contributed by atoms with Gasteiger partial charge in [-0.05, 0) is 42.5 Å². The third kappa shape index (κ3) is 2.43. The van der Waals surface area contributed by atoms with Crippen molar-refractivity contribution in [3.05, 3.63) is 122 Å². The van der Waals surface area contributed by atoms with Crippen LogP contribution in [0.25, 0.3) is 60.8 Å². The van der Waals surface area contributed by atoms with Gasteiger partial charge in [0.2, 0.25) is 0 Å². The quantitative estimate of drug-likeness (QED) is 0.269. The third-order valence-electron chi connectivity index (χ3n) is 7.07. The van der Waals surface area contributed by atoms with Crippen LogP contribution in [0.15, 0.2) is 122 Å². The van der Waals surface area contributed by atoms with E-state index in [-0.39, 0.29) is 0 Å². The highest BCUT2D eigenvalue weighted by Crippen LogP contribution is 2.40. The Balaban J connectivity index is 1.74. The van der Waals surface area contributed by atoms with Crippen molar-refractivity contribution >= 4 is 49.4 Å². The Morgan fingerprint density at radius 3 is 1.97 bits per heavy atom. The number of para-hydroxylation sites is 4. The lowest BCUT2D eigenvalue weighted by molar-refractivity contribution is 1.09. The Bertz CT molecular complexity index is 2040. The van der Waals surface area contributed by atoms with Gasteiger partial charge in [0.1, 0.15) is 17.4 Å². The van der Waals surface area contributed by atoms with Crippen LogP contribution in [0.5, 0.6) is 0 Å². The van der Waals surface area contributed by atoms with E-state index in [9.17, 15) is 0 Å². The van der Waals surface area contributed by atoms with Crippen LogP contribution in [0, 0.1) is 0 Å². The van der Waals surface area contributed by atoms with Crippen molar-refractivity contribution in [3.8, 4) is 11.4 Å². The van der Waals surface area contributed by atoms with Crippen molar-refractivity contribution in [1.29, 1.82) is 0 Å². The molecule has 0 N–H and O–H groups in total. The number of rotatable bonds is 2. The van der Waals surface area contributed by atoms with E-state index in [1.807, 2.05) is 6.33 Å². The van der Waals surface area contributed by atoms with Crippen LogP contribution in [0.1, 0.15) is 0 Å². The van der Waals surface area contributed by atoms with Crippen LogP contribution in [-0.2, 0) is 0 Å². The molecular weight excluding hydrogens is 428 g/mol. The summed E-state index contributed by atoms with van der Waals surface area (Å²) in [6.07, 6.45) is 1.96. The highest BCUT2D eigenvalue weighted by Gasteiger charge is 2.23. The first kappa shape index (κ1) is 18.6. The molecule has 4 heterocycles. The molecule has 0 amide bonds. The van der Waals surface area contributed by atoms with Crippen molar-refractivity contribution in [3.63, 3.8) is 0 Å². The number of nitrogens with zero attached hydrogens (tertiary/aromatic N) is 4. The fraction of sp³-hybridized carbons (Fsp3) is 0. The molecule has 0 saturated carbocycles. The van der Waals surface area contributed by atoms with Gasteiger partial charge < -0.3 is 8.97 Å². The Kier molecular flexibility index (Phi) is 3.63. The maximum absolute atomic E-state index is 5.00. The number of aromatic nitrogens is 4. The van der Waals surface area contributed by atoms with Gasteiger partial charge in [0.25, 0.3) is 0 Å². The van der Waals surface area contributed by atoms with Crippen molar-refractivity contribution < 1.29 is 0 Å². The summed E-state index contributed by atoms with van der Waals surface area (Å²) in [6, 6.07) is 40.7. The van der Waals surface area contributed by atoms with Crippen LogP contribution in [0.4, 0.5) is 0 Å². The number of hydrogen-bond donors (Lipinski definition) is 0. The number of pyridine rings is 1. The normalized spacial score (nSPS) is 12.0. The van der Waals surface area contributed by atoms with E-state index >= 15 is 0 Å². The summed E-state index contributed by atoms with van der Waals surface area (Å²) in [5.41, 5.74) is 10.2. The number of benzene rings is 4. The van der Waals surface area contributed by atoms with Crippen molar-refractivity contribution in [2.24, 2.45) is 0 Å². The largest absolute Gasteiger partial charge is 0.306 e. The topological polar surface area (TPSA) is 27.2 Å². The fourth-order valence-corrected chi connectivity index (χ4v) is 5.63. The highest BCUT2D eigenvalue weighted by molar-refractivity contribution is 6.21. The molecule has 164 valence electrons. The lowest BCUT2D eigenvalue weighted by Crippen LogP contribution is -1.99. The SMILES string of the molecule is c1ccc(-n2cnc3c2c2c(c4ccccc4n2-c2ccccc2)n2c4ccccc4cc32)cc1. The number of fused-ring (bicyclic) bond motifs is 10. The van der Waals surface area contributed by atoms with E-state index in [0.717, 1.165) is 33.4 Å². The van der Waals surface area contributed by atoms with Crippen LogP contribution in [-0.4, -0.2) is 18.5 Å². The molecule has 0 bridgehead atoms. The molecule has 4 aromatic heterocycles. The molecule has 4 nitrogen and oxygen atoms in total. The second-order valence-corrected chi connectivity index (χ2v) is 8.96. The average molecular weight is 449 g/mol.